The molecule has 35 heavy (non-hydrogen) atoms. The maximum atomic E-state index is 12.5. The van der Waals surface area contributed by atoms with Crippen LogP contribution >= 0.6 is 34.8 Å². The number of hydrogen-bond donors (Lipinski definition) is 1. The molecule has 0 radical (unpaired) electrons. The molecule has 1 aromatic heterocycles. The fourth-order valence-corrected chi connectivity index (χ4v) is 5.03. The van der Waals surface area contributed by atoms with E-state index in [1.54, 1.807) is 18.2 Å². The molecule has 0 unspecified atom stereocenters. The first kappa shape index (κ1) is 25.7. The summed E-state index contributed by atoms with van der Waals surface area (Å²) in [7, 11) is 3.98. The molecule has 6 heteroatoms. The van der Waals surface area contributed by atoms with Gasteiger partial charge in [0.25, 0.3) is 0 Å². The molecule has 180 valence electrons. The normalized spacial score (nSPS) is 14.0. The van der Waals surface area contributed by atoms with Crippen LogP contribution < -0.4 is 0 Å². The third-order valence-corrected chi connectivity index (χ3v) is 6.86. The zero-order valence-corrected chi connectivity index (χ0v) is 21.9. The van der Waals surface area contributed by atoms with E-state index in [-0.39, 0.29) is 0 Å². The van der Waals surface area contributed by atoms with Gasteiger partial charge in [-0.2, -0.15) is 0 Å². The second-order valence-corrected chi connectivity index (χ2v) is 10.3. The lowest BCUT2D eigenvalue weighted by atomic mass is 9.73. The third kappa shape index (κ3) is 6.06. The van der Waals surface area contributed by atoms with Gasteiger partial charge < -0.3 is 10.0 Å². The fraction of sp³-hybridized carbons (Fsp3) is 0.207. The minimum atomic E-state index is -1.31. The highest BCUT2D eigenvalue weighted by Crippen LogP contribution is 2.45. The van der Waals surface area contributed by atoms with Crippen LogP contribution in [0.25, 0.3) is 11.1 Å². The van der Waals surface area contributed by atoms with E-state index in [1.165, 1.54) is 0 Å². The zero-order valence-electron chi connectivity index (χ0n) is 19.6. The first-order chi connectivity index (χ1) is 16.8. The topological polar surface area (TPSA) is 36.4 Å². The molecule has 1 heterocycles. The van der Waals surface area contributed by atoms with Crippen LogP contribution in [-0.4, -0.2) is 35.6 Å². The van der Waals surface area contributed by atoms with Gasteiger partial charge in [0.2, 0.25) is 0 Å². The lowest BCUT2D eigenvalue weighted by Gasteiger charge is -2.38. The monoisotopic (exact) mass is 524 g/mol. The number of hydrogen-bond acceptors (Lipinski definition) is 3. The number of rotatable bonds is 8. The lowest BCUT2D eigenvalue weighted by molar-refractivity contribution is 0.00341. The van der Waals surface area contributed by atoms with E-state index in [1.807, 2.05) is 87.0 Å². The van der Waals surface area contributed by atoms with Gasteiger partial charge in [-0.1, -0.05) is 83.3 Å². The van der Waals surface area contributed by atoms with E-state index in [4.69, 9.17) is 39.8 Å². The van der Waals surface area contributed by atoms with Crippen molar-refractivity contribution in [1.29, 1.82) is 0 Å². The Kier molecular flexibility index (Phi) is 8.16. The van der Waals surface area contributed by atoms with Gasteiger partial charge in [0.15, 0.2) is 0 Å². The SMILES string of the molecule is CN(C)CC[C@](O)(c1cc(Cl)cc(Cl)c1)[C@@H](c1ccccc1)c1ccc(-c2ccc(Cl)cc2)cn1. The molecule has 0 saturated heterocycles. The predicted molar refractivity (Wildman–Crippen MR) is 146 cm³/mol. The molecule has 4 rings (SSSR count). The Morgan fingerprint density at radius 2 is 1.43 bits per heavy atom. The summed E-state index contributed by atoms with van der Waals surface area (Å²) < 4.78 is 0. The van der Waals surface area contributed by atoms with E-state index in [2.05, 4.69) is 4.90 Å². The highest BCUT2D eigenvalue weighted by Gasteiger charge is 2.41. The average Bonchev–Trinajstić information content (AvgIpc) is 2.84. The van der Waals surface area contributed by atoms with Gasteiger partial charge in [-0.25, -0.2) is 0 Å². The molecule has 0 spiro atoms. The van der Waals surface area contributed by atoms with Crippen LogP contribution in [0.15, 0.2) is 91.1 Å². The maximum absolute atomic E-state index is 12.5. The smallest absolute Gasteiger partial charge is 0.103 e. The Balaban J connectivity index is 1.85. The van der Waals surface area contributed by atoms with E-state index < -0.39 is 11.5 Å². The summed E-state index contributed by atoms with van der Waals surface area (Å²) in [4.78, 5) is 6.90. The number of nitrogens with zero attached hydrogens (tertiary/aromatic N) is 2. The van der Waals surface area contributed by atoms with Gasteiger partial charge in [-0.15, -0.1) is 0 Å². The summed E-state index contributed by atoms with van der Waals surface area (Å²) in [5.74, 6) is -0.447. The molecule has 0 aliphatic rings. The lowest BCUT2D eigenvalue weighted by Crippen LogP contribution is -2.38. The van der Waals surface area contributed by atoms with E-state index in [0.717, 1.165) is 22.4 Å². The third-order valence-electron chi connectivity index (χ3n) is 6.17. The number of aliphatic hydroxyl groups is 1. The summed E-state index contributed by atoms with van der Waals surface area (Å²) in [6.07, 6.45) is 2.29. The first-order valence-electron chi connectivity index (χ1n) is 11.4. The molecule has 0 aliphatic carbocycles. The van der Waals surface area contributed by atoms with Gasteiger partial charge >= 0.3 is 0 Å². The number of pyridine rings is 1. The van der Waals surface area contributed by atoms with Gasteiger partial charge in [-0.05, 0) is 73.6 Å². The molecule has 0 saturated carbocycles. The standard InChI is InChI=1S/C29H27Cl3N2O/c1-34(2)15-14-29(35,23-16-25(31)18-26(32)17-23)28(21-6-4-3-5-7-21)27-13-10-22(19-33-27)20-8-11-24(30)12-9-20/h3-13,16-19,28,35H,14-15H2,1-2H3/t28-,29-/m0/s1. The second kappa shape index (κ2) is 11.1. The molecule has 0 fully saturated rings. The average molecular weight is 526 g/mol. The van der Waals surface area contributed by atoms with Crippen LogP contribution in [-0.2, 0) is 5.60 Å². The molecule has 2 atom stereocenters. The van der Waals surface area contributed by atoms with Crippen LogP contribution in [0.4, 0.5) is 0 Å². The van der Waals surface area contributed by atoms with Gasteiger partial charge in [-0.3, -0.25) is 4.98 Å². The Bertz CT molecular complexity index is 1240. The fourth-order valence-electron chi connectivity index (χ4n) is 4.38. The van der Waals surface area contributed by atoms with Crippen molar-refractivity contribution >= 4 is 34.8 Å². The zero-order chi connectivity index (χ0) is 25.0. The molecule has 3 aromatic carbocycles. The molecule has 1 N–H and O–H groups in total. The molecule has 0 amide bonds. The van der Waals surface area contributed by atoms with Crippen molar-refractivity contribution in [2.75, 3.05) is 20.6 Å². The Labute approximate surface area is 221 Å². The van der Waals surface area contributed by atoms with Crippen molar-refractivity contribution in [2.24, 2.45) is 0 Å². The molecular formula is C29H27Cl3N2O. The van der Waals surface area contributed by atoms with Crippen LogP contribution in [0.5, 0.6) is 0 Å². The molecular weight excluding hydrogens is 499 g/mol. The summed E-state index contributed by atoms with van der Waals surface area (Å²) in [5.41, 5.74) is 3.06. The first-order valence-corrected chi connectivity index (χ1v) is 12.5. The van der Waals surface area contributed by atoms with Crippen LogP contribution in [0.2, 0.25) is 15.1 Å². The number of halogens is 3. The number of aromatic nitrogens is 1. The summed E-state index contributed by atoms with van der Waals surface area (Å²) in [6.45, 7) is 0.660. The molecule has 3 nitrogen and oxygen atoms in total. The highest BCUT2D eigenvalue weighted by atomic mass is 35.5. The van der Waals surface area contributed by atoms with Crippen molar-refractivity contribution < 1.29 is 5.11 Å². The summed E-state index contributed by atoms with van der Waals surface area (Å²) >= 11 is 18.8. The summed E-state index contributed by atoms with van der Waals surface area (Å²) in [6, 6.07) is 26.9. The molecule has 4 aromatic rings. The minimum Gasteiger partial charge on any atom is -0.384 e. The van der Waals surface area contributed by atoms with Crippen molar-refractivity contribution in [2.45, 2.75) is 17.9 Å². The van der Waals surface area contributed by atoms with Crippen molar-refractivity contribution in [3.63, 3.8) is 0 Å². The second-order valence-electron chi connectivity index (χ2n) is 8.96. The Hall–Kier alpha value is -2.40. The van der Waals surface area contributed by atoms with E-state index >= 15 is 0 Å². The van der Waals surface area contributed by atoms with Gasteiger partial charge in [0.1, 0.15) is 5.60 Å². The Morgan fingerprint density at radius 3 is 2.00 bits per heavy atom. The predicted octanol–water partition coefficient (Wildman–Crippen LogP) is 7.68. The van der Waals surface area contributed by atoms with Crippen LogP contribution in [0, 0.1) is 0 Å². The van der Waals surface area contributed by atoms with Crippen molar-refractivity contribution in [1.82, 2.24) is 9.88 Å². The Morgan fingerprint density at radius 1 is 0.800 bits per heavy atom. The quantitative estimate of drug-likeness (QED) is 0.256. The highest BCUT2D eigenvalue weighted by molar-refractivity contribution is 6.34. The maximum Gasteiger partial charge on any atom is 0.103 e. The number of benzene rings is 3. The van der Waals surface area contributed by atoms with Gasteiger partial charge in [0, 0.05) is 33.4 Å². The van der Waals surface area contributed by atoms with Crippen molar-refractivity contribution in [3.8, 4) is 11.1 Å². The van der Waals surface area contributed by atoms with Crippen LogP contribution in [0.1, 0.15) is 29.2 Å². The largest absolute Gasteiger partial charge is 0.384 e. The summed E-state index contributed by atoms with van der Waals surface area (Å²) in [5, 5.41) is 14.1. The van der Waals surface area contributed by atoms with Crippen LogP contribution in [0.3, 0.4) is 0 Å². The van der Waals surface area contributed by atoms with Gasteiger partial charge in [0.05, 0.1) is 11.6 Å². The molecule has 0 aliphatic heterocycles. The van der Waals surface area contributed by atoms with E-state index in [9.17, 15) is 5.11 Å². The minimum absolute atomic E-state index is 0.447. The van der Waals surface area contributed by atoms with E-state index in [0.29, 0.717) is 33.6 Å². The van der Waals surface area contributed by atoms with Crippen molar-refractivity contribution in [3.05, 3.63) is 123 Å². The molecule has 0 bridgehead atoms.